The SMILES string of the molecule is Cc1cc(NC(=O)N2CCc3cc(C)c(Cl)cc32)c2ccccc2n1. The number of nitrogens with one attached hydrogen (secondary N) is 1. The molecule has 3 aromatic rings. The van der Waals surface area contributed by atoms with E-state index in [0.29, 0.717) is 11.6 Å². The van der Waals surface area contributed by atoms with Crippen LogP contribution in [0.4, 0.5) is 16.2 Å². The molecule has 0 saturated carbocycles. The van der Waals surface area contributed by atoms with Gasteiger partial charge in [0.05, 0.1) is 16.9 Å². The summed E-state index contributed by atoms with van der Waals surface area (Å²) >= 11 is 6.25. The van der Waals surface area contributed by atoms with Crippen molar-refractivity contribution in [2.45, 2.75) is 20.3 Å². The van der Waals surface area contributed by atoms with Gasteiger partial charge in [-0.05, 0) is 49.6 Å². The molecule has 2 amide bonds. The molecule has 0 atom stereocenters. The Hall–Kier alpha value is -2.59. The van der Waals surface area contributed by atoms with E-state index < -0.39 is 0 Å². The predicted octanol–water partition coefficient (Wildman–Crippen LogP) is 5.10. The second-order valence-electron chi connectivity index (χ2n) is 6.39. The number of pyridine rings is 1. The summed E-state index contributed by atoms with van der Waals surface area (Å²) in [4.78, 5) is 19.2. The highest BCUT2D eigenvalue weighted by Crippen LogP contribution is 2.34. The topological polar surface area (TPSA) is 45.2 Å². The smallest absolute Gasteiger partial charge is 0.307 e. The number of anilines is 2. The van der Waals surface area contributed by atoms with Gasteiger partial charge in [-0.15, -0.1) is 0 Å². The lowest BCUT2D eigenvalue weighted by atomic mass is 10.1. The number of nitrogens with zero attached hydrogens (tertiary/aromatic N) is 2. The van der Waals surface area contributed by atoms with Crippen molar-refractivity contribution in [2.24, 2.45) is 0 Å². The zero-order valence-corrected chi connectivity index (χ0v) is 14.9. The van der Waals surface area contributed by atoms with Crippen LogP contribution in [0.5, 0.6) is 0 Å². The first-order valence-electron chi connectivity index (χ1n) is 8.27. The van der Waals surface area contributed by atoms with Crippen molar-refractivity contribution in [3.8, 4) is 0 Å². The Morgan fingerprint density at radius 1 is 1.20 bits per heavy atom. The van der Waals surface area contributed by atoms with Crippen LogP contribution in [0.15, 0.2) is 42.5 Å². The summed E-state index contributed by atoms with van der Waals surface area (Å²) in [6, 6.07) is 13.5. The van der Waals surface area contributed by atoms with E-state index >= 15 is 0 Å². The minimum Gasteiger partial charge on any atom is -0.307 e. The zero-order chi connectivity index (χ0) is 17.6. The van der Waals surface area contributed by atoms with E-state index in [9.17, 15) is 4.79 Å². The van der Waals surface area contributed by atoms with Crippen LogP contribution in [0.3, 0.4) is 0 Å². The van der Waals surface area contributed by atoms with Gasteiger partial charge in [0.15, 0.2) is 0 Å². The normalized spacial score (nSPS) is 13.2. The van der Waals surface area contributed by atoms with Gasteiger partial charge in [-0.3, -0.25) is 9.88 Å². The van der Waals surface area contributed by atoms with E-state index in [2.05, 4.69) is 16.4 Å². The molecule has 126 valence electrons. The van der Waals surface area contributed by atoms with Gasteiger partial charge in [0.1, 0.15) is 0 Å². The first-order chi connectivity index (χ1) is 12.0. The second-order valence-corrected chi connectivity index (χ2v) is 6.80. The molecule has 2 aromatic carbocycles. The maximum absolute atomic E-state index is 12.9. The summed E-state index contributed by atoms with van der Waals surface area (Å²) < 4.78 is 0. The number of rotatable bonds is 1. The third-order valence-electron chi connectivity index (χ3n) is 4.59. The van der Waals surface area contributed by atoms with Crippen LogP contribution in [0, 0.1) is 13.8 Å². The standard InChI is InChI=1S/C20H18ClN3O/c1-12-9-14-7-8-24(19(14)11-16(12)21)20(25)23-18-10-13(2)22-17-6-4-3-5-15(17)18/h3-6,9-11H,7-8H2,1-2H3,(H,22,23,25). The molecule has 1 aromatic heterocycles. The van der Waals surface area contributed by atoms with Crippen molar-refractivity contribution in [2.75, 3.05) is 16.8 Å². The van der Waals surface area contributed by atoms with Gasteiger partial charge in [-0.2, -0.15) is 0 Å². The molecule has 1 aliphatic rings. The minimum atomic E-state index is -0.144. The number of aromatic nitrogens is 1. The van der Waals surface area contributed by atoms with E-state index in [0.717, 1.165) is 45.5 Å². The van der Waals surface area contributed by atoms with Crippen molar-refractivity contribution < 1.29 is 4.79 Å². The van der Waals surface area contributed by atoms with Gasteiger partial charge >= 0.3 is 6.03 Å². The van der Waals surface area contributed by atoms with Gasteiger partial charge in [-0.25, -0.2) is 4.79 Å². The average molecular weight is 352 g/mol. The fourth-order valence-corrected chi connectivity index (χ4v) is 3.50. The first kappa shape index (κ1) is 15.9. The monoisotopic (exact) mass is 351 g/mol. The average Bonchev–Trinajstić information content (AvgIpc) is 2.98. The third kappa shape index (κ3) is 2.83. The summed E-state index contributed by atoms with van der Waals surface area (Å²) in [5.74, 6) is 0. The van der Waals surface area contributed by atoms with E-state index in [1.165, 1.54) is 0 Å². The first-order valence-corrected chi connectivity index (χ1v) is 8.64. The van der Waals surface area contributed by atoms with Crippen LogP contribution in [-0.2, 0) is 6.42 Å². The van der Waals surface area contributed by atoms with Crippen molar-refractivity contribution in [1.82, 2.24) is 4.98 Å². The van der Waals surface area contributed by atoms with Gasteiger partial charge in [0, 0.05) is 22.6 Å². The maximum atomic E-state index is 12.9. The zero-order valence-electron chi connectivity index (χ0n) is 14.1. The van der Waals surface area contributed by atoms with Gasteiger partial charge in [-0.1, -0.05) is 35.9 Å². The molecule has 0 spiro atoms. The summed E-state index contributed by atoms with van der Waals surface area (Å²) in [5.41, 5.74) is 5.61. The summed E-state index contributed by atoms with van der Waals surface area (Å²) in [6.45, 7) is 4.57. The molecule has 1 aliphatic heterocycles. The Labute approximate surface area is 151 Å². The highest BCUT2D eigenvalue weighted by Gasteiger charge is 2.26. The molecule has 4 nitrogen and oxygen atoms in total. The maximum Gasteiger partial charge on any atom is 0.326 e. The molecule has 25 heavy (non-hydrogen) atoms. The number of para-hydroxylation sites is 1. The van der Waals surface area contributed by atoms with Crippen LogP contribution in [0.1, 0.15) is 16.8 Å². The van der Waals surface area contributed by atoms with Crippen LogP contribution >= 0.6 is 11.6 Å². The van der Waals surface area contributed by atoms with Crippen molar-refractivity contribution in [1.29, 1.82) is 0 Å². The molecular formula is C20H18ClN3O. The lowest BCUT2D eigenvalue weighted by Crippen LogP contribution is -2.33. The molecule has 0 radical (unpaired) electrons. The van der Waals surface area contributed by atoms with Crippen LogP contribution in [0.2, 0.25) is 5.02 Å². The third-order valence-corrected chi connectivity index (χ3v) is 4.99. The number of urea groups is 1. The summed E-state index contributed by atoms with van der Waals surface area (Å²) in [7, 11) is 0. The van der Waals surface area contributed by atoms with Crippen molar-refractivity contribution in [3.05, 3.63) is 64.3 Å². The van der Waals surface area contributed by atoms with E-state index in [4.69, 9.17) is 11.6 Å². The van der Waals surface area contributed by atoms with E-state index in [1.807, 2.05) is 50.2 Å². The molecule has 0 bridgehead atoms. The molecule has 1 N–H and O–H groups in total. The number of hydrogen-bond acceptors (Lipinski definition) is 2. The molecule has 0 aliphatic carbocycles. The van der Waals surface area contributed by atoms with Crippen LogP contribution in [-0.4, -0.2) is 17.6 Å². The van der Waals surface area contributed by atoms with E-state index in [-0.39, 0.29) is 6.03 Å². The fraction of sp³-hybridized carbons (Fsp3) is 0.200. The number of halogens is 1. The number of benzene rings is 2. The molecule has 4 rings (SSSR count). The number of hydrogen-bond donors (Lipinski definition) is 1. The van der Waals surface area contributed by atoms with Crippen molar-refractivity contribution >= 4 is 39.9 Å². The Morgan fingerprint density at radius 3 is 2.84 bits per heavy atom. The fourth-order valence-electron chi connectivity index (χ4n) is 3.34. The Morgan fingerprint density at radius 2 is 2.00 bits per heavy atom. The van der Waals surface area contributed by atoms with Crippen LogP contribution < -0.4 is 10.2 Å². The summed E-state index contributed by atoms with van der Waals surface area (Å²) in [6.07, 6.45) is 0.844. The molecule has 2 heterocycles. The molecule has 0 fully saturated rings. The Bertz CT molecular complexity index is 1000. The number of carbonyl (C=O) groups is 1. The van der Waals surface area contributed by atoms with E-state index in [1.54, 1.807) is 4.90 Å². The van der Waals surface area contributed by atoms with Gasteiger partial charge < -0.3 is 5.32 Å². The molecule has 0 unspecified atom stereocenters. The summed E-state index contributed by atoms with van der Waals surface area (Å²) in [5, 5.41) is 4.66. The highest BCUT2D eigenvalue weighted by molar-refractivity contribution is 6.31. The minimum absolute atomic E-state index is 0.144. The second kappa shape index (κ2) is 6.05. The lowest BCUT2D eigenvalue weighted by Gasteiger charge is -2.19. The van der Waals surface area contributed by atoms with Crippen molar-refractivity contribution in [3.63, 3.8) is 0 Å². The molecule has 0 saturated heterocycles. The number of fused-ring (bicyclic) bond motifs is 2. The highest BCUT2D eigenvalue weighted by atomic mass is 35.5. The number of aryl methyl sites for hydroxylation is 2. The quantitative estimate of drug-likeness (QED) is 0.663. The lowest BCUT2D eigenvalue weighted by molar-refractivity contribution is 0.257. The van der Waals surface area contributed by atoms with Gasteiger partial charge in [0.25, 0.3) is 0 Å². The Kier molecular flexibility index (Phi) is 3.85. The van der Waals surface area contributed by atoms with Crippen LogP contribution in [0.25, 0.3) is 10.9 Å². The molecule has 5 heteroatoms. The van der Waals surface area contributed by atoms with Gasteiger partial charge in [0.2, 0.25) is 0 Å². The predicted molar refractivity (Wildman–Crippen MR) is 103 cm³/mol. The Balaban J connectivity index is 1.68. The number of carbonyl (C=O) groups excluding carboxylic acids is 1. The molecular weight excluding hydrogens is 334 g/mol. The number of amides is 2. The largest absolute Gasteiger partial charge is 0.326 e.